The second-order valence-corrected chi connectivity index (χ2v) is 7.88. The maximum absolute atomic E-state index is 13.1. The normalized spacial score (nSPS) is 10.9. The Hall–Kier alpha value is -4.56. The summed E-state index contributed by atoms with van der Waals surface area (Å²) in [5.74, 6) is 0.158. The van der Waals surface area contributed by atoms with Gasteiger partial charge in [-0.15, -0.1) is 5.10 Å². The van der Waals surface area contributed by atoms with Gasteiger partial charge in [0.15, 0.2) is 0 Å². The number of anilines is 1. The first kappa shape index (κ1) is 22.2. The number of carbonyl (C=O) groups is 1. The van der Waals surface area contributed by atoms with Gasteiger partial charge < -0.3 is 14.8 Å². The Bertz CT molecular complexity index is 1450. The Balaban J connectivity index is 1.28. The van der Waals surface area contributed by atoms with Gasteiger partial charge in [0, 0.05) is 11.3 Å². The smallest absolute Gasteiger partial charge is 0.259 e. The number of hydrogen-bond acceptors (Lipinski definition) is 6. The molecule has 0 aliphatic rings. The molecule has 0 aliphatic carbocycles. The predicted octanol–water partition coefficient (Wildman–Crippen LogP) is 5.00. The molecule has 0 fully saturated rings. The number of aromatic amines is 1. The lowest BCUT2D eigenvalue weighted by atomic mass is 10.0. The van der Waals surface area contributed by atoms with Crippen LogP contribution in [-0.2, 0) is 18.0 Å². The number of ether oxygens (including phenoxy) is 2. The van der Waals surface area contributed by atoms with Crippen LogP contribution in [0.25, 0.3) is 22.4 Å². The molecule has 0 saturated carbocycles. The minimum atomic E-state index is -0.278. The molecule has 35 heavy (non-hydrogen) atoms. The molecule has 2 N–H and O–H groups in total. The molecular formula is C27H23N5O3. The third-order valence-electron chi connectivity index (χ3n) is 5.51. The fraction of sp³-hybridized carbons (Fsp3) is 0.111. The van der Waals surface area contributed by atoms with E-state index in [-0.39, 0.29) is 5.91 Å². The van der Waals surface area contributed by atoms with Crippen LogP contribution in [0.2, 0.25) is 0 Å². The fourth-order valence-corrected chi connectivity index (χ4v) is 3.77. The summed E-state index contributed by atoms with van der Waals surface area (Å²) in [5, 5.41) is 13.6. The van der Waals surface area contributed by atoms with Crippen LogP contribution < -0.4 is 10.1 Å². The number of amides is 1. The van der Waals surface area contributed by atoms with E-state index in [4.69, 9.17) is 9.47 Å². The summed E-state index contributed by atoms with van der Waals surface area (Å²) in [7, 11) is 1.54. The van der Waals surface area contributed by atoms with Gasteiger partial charge in [-0.25, -0.2) is 4.98 Å². The van der Waals surface area contributed by atoms with Crippen molar-refractivity contribution in [3.63, 3.8) is 0 Å². The first-order valence-electron chi connectivity index (χ1n) is 11.1. The molecule has 3 aromatic carbocycles. The molecule has 5 rings (SSSR count). The third kappa shape index (κ3) is 5.02. The van der Waals surface area contributed by atoms with Gasteiger partial charge in [-0.2, -0.15) is 10.3 Å². The Morgan fingerprint density at radius 2 is 1.63 bits per heavy atom. The lowest BCUT2D eigenvalue weighted by Gasteiger charge is -2.13. The van der Waals surface area contributed by atoms with Gasteiger partial charge in [0.1, 0.15) is 11.3 Å². The number of nitrogens with zero attached hydrogens (tertiary/aromatic N) is 3. The molecule has 5 aromatic rings. The lowest BCUT2D eigenvalue weighted by molar-refractivity contribution is 0.102. The van der Waals surface area contributed by atoms with Crippen molar-refractivity contribution in [2.45, 2.75) is 13.2 Å². The molecule has 0 radical (unpaired) electrons. The van der Waals surface area contributed by atoms with Crippen LogP contribution in [-0.4, -0.2) is 33.4 Å². The van der Waals surface area contributed by atoms with Crippen molar-refractivity contribution in [2.24, 2.45) is 0 Å². The average molecular weight is 466 g/mol. The second-order valence-electron chi connectivity index (χ2n) is 7.88. The van der Waals surface area contributed by atoms with Gasteiger partial charge >= 0.3 is 0 Å². The molecule has 0 spiro atoms. The highest BCUT2D eigenvalue weighted by Gasteiger charge is 2.18. The third-order valence-corrected chi connectivity index (χ3v) is 5.51. The zero-order valence-electron chi connectivity index (χ0n) is 19.1. The van der Waals surface area contributed by atoms with Crippen LogP contribution in [0.5, 0.6) is 5.75 Å². The van der Waals surface area contributed by atoms with Crippen LogP contribution in [0.4, 0.5) is 5.69 Å². The van der Waals surface area contributed by atoms with Crippen molar-refractivity contribution < 1.29 is 14.3 Å². The van der Waals surface area contributed by atoms with Crippen molar-refractivity contribution >= 4 is 22.8 Å². The molecular weight excluding hydrogens is 442 g/mol. The molecule has 2 aromatic heterocycles. The van der Waals surface area contributed by atoms with Crippen LogP contribution in [0, 0.1) is 0 Å². The van der Waals surface area contributed by atoms with E-state index in [1.165, 1.54) is 7.11 Å². The molecule has 0 atom stereocenters. The van der Waals surface area contributed by atoms with E-state index >= 15 is 0 Å². The van der Waals surface area contributed by atoms with Crippen LogP contribution in [0.3, 0.4) is 0 Å². The number of carbonyl (C=O) groups excluding carboxylic acids is 1. The number of rotatable bonds is 8. The van der Waals surface area contributed by atoms with Crippen molar-refractivity contribution in [1.82, 2.24) is 20.4 Å². The number of aromatic nitrogens is 4. The molecule has 174 valence electrons. The van der Waals surface area contributed by atoms with E-state index in [2.05, 4.69) is 25.7 Å². The van der Waals surface area contributed by atoms with E-state index < -0.39 is 0 Å². The monoisotopic (exact) mass is 465 g/mol. The van der Waals surface area contributed by atoms with Crippen molar-refractivity contribution in [3.05, 3.63) is 102 Å². The summed E-state index contributed by atoms with van der Waals surface area (Å²) >= 11 is 0. The topological polar surface area (TPSA) is 102 Å². The molecule has 0 aliphatic heterocycles. The zero-order chi connectivity index (χ0) is 24.0. The van der Waals surface area contributed by atoms with Crippen LogP contribution in [0.1, 0.15) is 21.5 Å². The Morgan fingerprint density at radius 1 is 0.857 bits per heavy atom. The standard InChI is InChI=1S/C27H23N5O3/c1-34-25-21(23-14-15-24-26(29-23)31-32-30-24)8-5-9-22(25)27(33)28-20-12-10-19(11-13-20)17-35-16-18-6-3-2-4-7-18/h2-15H,16-17H2,1H3,(H,28,33)(H,29,30,31,32). The number of hydrogen-bond donors (Lipinski definition) is 2. The van der Waals surface area contributed by atoms with Gasteiger partial charge in [0.05, 0.1) is 31.6 Å². The Labute approximate surface area is 201 Å². The highest BCUT2D eigenvalue weighted by atomic mass is 16.5. The number of fused-ring (bicyclic) bond motifs is 1. The minimum absolute atomic E-state index is 0.278. The summed E-state index contributed by atoms with van der Waals surface area (Å²) in [6.45, 7) is 1.04. The summed E-state index contributed by atoms with van der Waals surface area (Å²) in [5.41, 5.74) is 5.71. The van der Waals surface area contributed by atoms with E-state index in [1.807, 2.05) is 72.8 Å². The predicted molar refractivity (Wildman–Crippen MR) is 133 cm³/mol. The summed E-state index contributed by atoms with van der Waals surface area (Å²) in [6, 6.07) is 26.6. The SMILES string of the molecule is COc1c(C(=O)Nc2ccc(COCc3ccccc3)cc2)cccc1-c1ccc2n[nH]nc2n1. The molecule has 2 heterocycles. The largest absolute Gasteiger partial charge is 0.495 e. The summed E-state index contributed by atoms with van der Waals surface area (Å²) in [6.07, 6.45) is 0. The zero-order valence-corrected chi connectivity index (χ0v) is 19.1. The molecule has 0 saturated heterocycles. The highest BCUT2D eigenvalue weighted by molar-refractivity contribution is 6.07. The first-order valence-corrected chi connectivity index (χ1v) is 11.1. The molecule has 0 unspecified atom stereocenters. The number of methoxy groups -OCH3 is 1. The molecule has 1 amide bonds. The number of H-pyrrole nitrogens is 1. The minimum Gasteiger partial charge on any atom is -0.495 e. The van der Waals surface area contributed by atoms with Crippen LogP contribution in [0.15, 0.2) is 84.9 Å². The highest BCUT2D eigenvalue weighted by Crippen LogP contribution is 2.33. The van der Waals surface area contributed by atoms with Crippen molar-refractivity contribution in [3.8, 4) is 17.0 Å². The van der Waals surface area contributed by atoms with Crippen LogP contribution >= 0.6 is 0 Å². The van der Waals surface area contributed by atoms with Crippen molar-refractivity contribution in [1.29, 1.82) is 0 Å². The Kier molecular flexibility index (Phi) is 6.45. The van der Waals surface area contributed by atoms with E-state index in [0.29, 0.717) is 52.6 Å². The van der Waals surface area contributed by atoms with Gasteiger partial charge in [0.2, 0.25) is 5.65 Å². The van der Waals surface area contributed by atoms with E-state index in [9.17, 15) is 4.79 Å². The summed E-state index contributed by atoms with van der Waals surface area (Å²) < 4.78 is 11.4. The number of nitrogens with one attached hydrogen (secondary N) is 2. The number of benzene rings is 3. The van der Waals surface area contributed by atoms with E-state index in [0.717, 1.165) is 11.1 Å². The van der Waals surface area contributed by atoms with Gasteiger partial charge in [-0.3, -0.25) is 4.79 Å². The first-order chi connectivity index (χ1) is 17.2. The number of pyridine rings is 1. The summed E-state index contributed by atoms with van der Waals surface area (Å²) in [4.78, 5) is 17.6. The molecule has 0 bridgehead atoms. The van der Waals surface area contributed by atoms with Gasteiger partial charge in [0.25, 0.3) is 5.91 Å². The average Bonchev–Trinajstić information content (AvgIpc) is 3.38. The number of para-hydroxylation sites is 1. The maximum Gasteiger partial charge on any atom is 0.259 e. The van der Waals surface area contributed by atoms with E-state index in [1.54, 1.807) is 12.1 Å². The lowest BCUT2D eigenvalue weighted by Crippen LogP contribution is -2.13. The second kappa shape index (κ2) is 10.1. The quantitative estimate of drug-likeness (QED) is 0.334. The molecule has 8 nitrogen and oxygen atoms in total. The van der Waals surface area contributed by atoms with Crippen molar-refractivity contribution in [2.75, 3.05) is 12.4 Å². The Morgan fingerprint density at radius 3 is 2.40 bits per heavy atom. The fourth-order valence-electron chi connectivity index (χ4n) is 3.77. The van der Waals surface area contributed by atoms with Gasteiger partial charge in [-0.1, -0.05) is 48.5 Å². The molecule has 8 heteroatoms. The maximum atomic E-state index is 13.1. The van der Waals surface area contributed by atoms with Gasteiger partial charge in [-0.05, 0) is 47.5 Å².